The van der Waals surface area contributed by atoms with Crippen LogP contribution in [0.15, 0.2) is 30.3 Å². The van der Waals surface area contributed by atoms with Crippen LogP contribution in [0.4, 0.5) is 5.69 Å². The Kier molecular flexibility index (Phi) is 11.5. The normalized spacial score (nSPS) is 10.3. The van der Waals surface area contributed by atoms with E-state index < -0.39 is 5.97 Å². The molecule has 1 N–H and O–H groups in total. The number of esters is 1. The van der Waals surface area contributed by atoms with Gasteiger partial charge in [0.1, 0.15) is 11.5 Å². The first-order valence-electron chi connectivity index (χ1n) is 12.1. The molecule has 0 spiro atoms. The zero-order valence-electron chi connectivity index (χ0n) is 22.3. The molecule has 10 nitrogen and oxygen atoms in total. The van der Waals surface area contributed by atoms with Crippen molar-refractivity contribution in [3.8, 4) is 23.0 Å². The van der Waals surface area contributed by atoms with Crippen molar-refractivity contribution in [1.29, 1.82) is 0 Å². The molecule has 0 atom stereocenters. The quantitative estimate of drug-likeness (QED) is 0.294. The van der Waals surface area contributed by atoms with Gasteiger partial charge < -0.3 is 33.9 Å². The van der Waals surface area contributed by atoms with E-state index in [4.69, 9.17) is 23.7 Å². The van der Waals surface area contributed by atoms with Crippen LogP contribution in [-0.2, 0) is 9.53 Å². The molecule has 0 heterocycles. The number of nitrogens with zero attached hydrogens (tertiary/aromatic N) is 1. The van der Waals surface area contributed by atoms with Gasteiger partial charge in [-0.15, -0.1) is 0 Å². The van der Waals surface area contributed by atoms with Crippen LogP contribution in [0.25, 0.3) is 0 Å². The van der Waals surface area contributed by atoms with E-state index in [1.165, 1.54) is 33.5 Å². The van der Waals surface area contributed by atoms with Crippen LogP contribution in [-0.4, -0.2) is 70.8 Å². The summed E-state index contributed by atoms with van der Waals surface area (Å²) in [6.45, 7) is 4.97. The molecule has 10 heteroatoms. The number of carbonyl (C=O) groups is 3. The summed E-state index contributed by atoms with van der Waals surface area (Å²) < 4.78 is 26.8. The first kappa shape index (κ1) is 29.3. The molecular weight excluding hydrogens is 480 g/mol. The van der Waals surface area contributed by atoms with Crippen molar-refractivity contribution >= 4 is 23.5 Å². The molecule has 0 bridgehead atoms. The van der Waals surface area contributed by atoms with Crippen LogP contribution >= 0.6 is 0 Å². The molecule has 37 heavy (non-hydrogen) atoms. The molecule has 2 rings (SSSR count). The van der Waals surface area contributed by atoms with E-state index >= 15 is 0 Å². The second-order valence-electron chi connectivity index (χ2n) is 8.00. The van der Waals surface area contributed by atoms with Gasteiger partial charge in [0.15, 0.2) is 11.5 Å². The molecule has 0 aromatic heterocycles. The van der Waals surface area contributed by atoms with Crippen molar-refractivity contribution < 1.29 is 38.1 Å². The van der Waals surface area contributed by atoms with Crippen LogP contribution in [0.5, 0.6) is 23.0 Å². The van der Waals surface area contributed by atoms with Crippen molar-refractivity contribution in [2.75, 3.05) is 53.5 Å². The second-order valence-corrected chi connectivity index (χ2v) is 8.00. The number of rotatable bonds is 14. The number of ether oxygens (including phenoxy) is 5. The zero-order valence-corrected chi connectivity index (χ0v) is 22.3. The Labute approximate surface area is 217 Å². The fourth-order valence-electron chi connectivity index (χ4n) is 3.62. The molecule has 0 radical (unpaired) electrons. The van der Waals surface area contributed by atoms with Gasteiger partial charge >= 0.3 is 5.97 Å². The first-order valence-corrected chi connectivity index (χ1v) is 12.1. The summed E-state index contributed by atoms with van der Waals surface area (Å²) in [4.78, 5) is 39.2. The lowest BCUT2D eigenvalue weighted by molar-refractivity contribution is -0.115. The Morgan fingerprint density at radius 2 is 1.57 bits per heavy atom. The average molecular weight is 517 g/mol. The van der Waals surface area contributed by atoms with Gasteiger partial charge in [0.05, 0.1) is 51.9 Å². The maximum atomic E-state index is 13.2. The monoisotopic (exact) mass is 516 g/mol. The second kappa shape index (κ2) is 14.6. The van der Waals surface area contributed by atoms with Crippen LogP contribution in [0.2, 0.25) is 0 Å². The van der Waals surface area contributed by atoms with Crippen LogP contribution in [0.1, 0.15) is 53.8 Å². The number of hydrogen-bond acceptors (Lipinski definition) is 8. The topological polar surface area (TPSA) is 113 Å². The molecule has 0 saturated carbocycles. The highest BCUT2D eigenvalue weighted by Gasteiger charge is 2.21. The molecule has 0 aliphatic carbocycles. The van der Waals surface area contributed by atoms with Gasteiger partial charge in [0.25, 0.3) is 5.91 Å². The molecule has 2 aromatic rings. The molecule has 0 fully saturated rings. The average Bonchev–Trinajstić information content (AvgIpc) is 2.93. The van der Waals surface area contributed by atoms with Crippen LogP contribution in [0, 0.1) is 0 Å². The van der Waals surface area contributed by atoms with Crippen LogP contribution < -0.4 is 24.3 Å². The highest BCUT2D eigenvalue weighted by Crippen LogP contribution is 2.34. The van der Waals surface area contributed by atoms with Gasteiger partial charge in [-0.3, -0.25) is 9.59 Å². The summed E-state index contributed by atoms with van der Waals surface area (Å²) >= 11 is 0. The summed E-state index contributed by atoms with van der Waals surface area (Å²) in [6.07, 6.45) is 1.55. The highest BCUT2D eigenvalue weighted by molar-refractivity contribution is 6.02. The van der Waals surface area contributed by atoms with Crippen molar-refractivity contribution in [1.82, 2.24) is 4.90 Å². The number of nitrogens with one attached hydrogen (secondary N) is 1. The lowest BCUT2D eigenvalue weighted by Gasteiger charge is -2.23. The van der Waals surface area contributed by atoms with Crippen molar-refractivity contribution in [2.45, 2.75) is 33.1 Å². The third-order valence-electron chi connectivity index (χ3n) is 5.55. The van der Waals surface area contributed by atoms with Gasteiger partial charge in [0.2, 0.25) is 5.91 Å². The number of amides is 2. The summed E-state index contributed by atoms with van der Waals surface area (Å²) in [5, 5.41) is 2.68. The van der Waals surface area contributed by atoms with Gasteiger partial charge in [-0.1, -0.05) is 13.8 Å². The standard InChI is InChI=1S/C27H36N2O8/c1-7-12-29(26(31)19-11-10-18(33-3)15-22(19)34-4)13-9-14-37-24-16-20(27(32)36-6)21(17-23(24)35-5)28-25(30)8-2/h10-11,15-17H,7-9,12-14H2,1-6H3,(H,28,30). The minimum atomic E-state index is -0.618. The first-order chi connectivity index (χ1) is 17.8. The van der Waals surface area contributed by atoms with E-state index in [0.29, 0.717) is 48.1 Å². The third kappa shape index (κ3) is 7.77. The molecule has 2 amide bonds. The molecule has 0 aliphatic heterocycles. The van der Waals surface area contributed by atoms with Gasteiger partial charge in [-0.25, -0.2) is 4.79 Å². The number of anilines is 1. The summed E-state index contributed by atoms with van der Waals surface area (Å²) in [5.41, 5.74) is 0.873. The largest absolute Gasteiger partial charge is 0.497 e. The molecule has 0 saturated heterocycles. The molecule has 202 valence electrons. The fourth-order valence-corrected chi connectivity index (χ4v) is 3.62. The number of methoxy groups -OCH3 is 4. The van der Waals surface area contributed by atoms with E-state index in [9.17, 15) is 14.4 Å². The van der Waals surface area contributed by atoms with E-state index in [0.717, 1.165) is 6.42 Å². The van der Waals surface area contributed by atoms with Crippen molar-refractivity contribution in [3.63, 3.8) is 0 Å². The third-order valence-corrected chi connectivity index (χ3v) is 5.55. The van der Waals surface area contributed by atoms with Gasteiger partial charge in [0, 0.05) is 37.7 Å². The SMILES string of the molecule is CCCN(CCCOc1cc(C(=O)OC)c(NC(=O)CC)cc1OC)C(=O)c1ccc(OC)cc1OC. The molecule has 2 aromatic carbocycles. The summed E-state index contributed by atoms with van der Waals surface area (Å²) in [7, 11) is 5.79. The fraction of sp³-hybridized carbons (Fsp3) is 0.444. The minimum absolute atomic E-state index is 0.148. The Hall–Kier alpha value is -3.95. The van der Waals surface area contributed by atoms with E-state index in [1.54, 1.807) is 37.1 Å². The summed E-state index contributed by atoms with van der Waals surface area (Å²) in [5.74, 6) is 0.692. The predicted octanol–water partition coefficient (Wildman–Crippen LogP) is 4.17. The molecule has 0 unspecified atom stereocenters. The molecular formula is C27H36N2O8. The van der Waals surface area contributed by atoms with E-state index in [-0.39, 0.29) is 36.1 Å². The van der Waals surface area contributed by atoms with Crippen molar-refractivity contribution in [3.05, 3.63) is 41.5 Å². The van der Waals surface area contributed by atoms with Crippen molar-refractivity contribution in [2.24, 2.45) is 0 Å². The number of carbonyl (C=O) groups excluding carboxylic acids is 3. The van der Waals surface area contributed by atoms with E-state index in [1.807, 2.05) is 6.92 Å². The zero-order chi connectivity index (χ0) is 27.4. The Balaban J connectivity index is 2.15. The maximum Gasteiger partial charge on any atom is 0.340 e. The Morgan fingerprint density at radius 1 is 0.838 bits per heavy atom. The lowest BCUT2D eigenvalue weighted by Crippen LogP contribution is -2.33. The van der Waals surface area contributed by atoms with Gasteiger partial charge in [-0.05, 0) is 25.0 Å². The summed E-state index contributed by atoms with van der Waals surface area (Å²) in [6, 6.07) is 8.10. The lowest BCUT2D eigenvalue weighted by atomic mass is 10.1. The van der Waals surface area contributed by atoms with E-state index in [2.05, 4.69) is 5.32 Å². The maximum absolute atomic E-state index is 13.2. The smallest absolute Gasteiger partial charge is 0.340 e. The minimum Gasteiger partial charge on any atom is -0.497 e. The number of benzene rings is 2. The number of hydrogen-bond donors (Lipinski definition) is 1. The highest BCUT2D eigenvalue weighted by atomic mass is 16.5. The predicted molar refractivity (Wildman–Crippen MR) is 139 cm³/mol. The Morgan fingerprint density at radius 3 is 2.16 bits per heavy atom. The van der Waals surface area contributed by atoms with Gasteiger partial charge in [-0.2, -0.15) is 0 Å². The van der Waals surface area contributed by atoms with Crippen LogP contribution in [0.3, 0.4) is 0 Å². The Bertz CT molecular complexity index is 1090. The molecule has 0 aliphatic rings.